The molecular formula is C15H21F2NO. The number of benzene rings is 1. The minimum atomic E-state index is -0.990. The molecule has 1 rings (SSSR count). The monoisotopic (exact) mass is 269 g/mol. The van der Waals surface area contributed by atoms with E-state index in [4.69, 9.17) is 0 Å². The fraction of sp³-hybridized carbons (Fsp3) is 0.533. The molecule has 0 radical (unpaired) electrons. The lowest BCUT2D eigenvalue weighted by Crippen LogP contribution is -2.49. The Labute approximate surface area is 113 Å². The molecule has 1 aromatic rings. The van der Waals surface area contributed by atoms with Crippen molar-refractivity contribution in [2.24, 2.45) is 0 Å². The number of halogens is 2. The van der Waals surface area contributed by atoms with Crippen LogP contribution in [0.2, 0.25) is 0 Å². The molecule has 0 aliphatic carbocycles. The standard InChI is InChI=1S/C15H21F2NO/c1-6-15(3,4)18(5)10(2)14(19)11-7-8-12(16)13(17)9-11/h7-10H,6H2,1-5H3. The zero-order valence-corrected chi connectivity index (χ0v) is 12.1. The maximum absolute atomic E-state index is 13.2. The van der Waals surface area contributed by atoms with Gasteiger partial charge in [-0.05, 0) is 52.4 Å². The van der Waals surface area contributed by atoms with E-state index in [1.54, 1.807) is 6.92 Å². The first kappa shape index (κ1) is 15.8. The zero-order chi connectivity index (χ0) is 14.8. The van der Waals surface area contributed by atoms with Gasteiger partial charge in [-0.15, -0.1) is 0 Å². The van der Waals surface area contributed by atoms with Crippen molar-refractivity contribution in [1.82, 2.24) is 4.90 Å². The molecule has 0 saturated carbocycles. The predicted octanol–water partition coefficient (Wildman–Crippen LogP) is 3.66. The second kappa shape index (κ2) is 5.78. The minimum absolute atomic E-state index is 0.131. The van der Waals surface area contributed by atoms with Crippen molar-refractivity contribution < 1.29 is 13.6 Å². The van der Waals surface area contributed by atoms with Crippen LogP contribution in [0, 0.1) is 11.6 Å². The topological polar surface area (TPSA) is 20.3 Å². The first-order valence-corrected chi connectivity index (χ1v) is 6.43. The van der Waals surface area contributed by atoms with Crippen molar-refractivity contribution >= 4 is 5.78 Å². The average molecular weight is 269 g/mol. The first-order chi connectivity index (χ1) is 8.70. The summed E-state index contributed by atoms with van der Waals surface area (Å²) in [6.45, 7) is 7.91. The number of ketones is 1. The van der Waals surface area contributed by atoms with E-state index in [0.717, 1.165) is 18.6 Å². The van der Waals surface area contributed by atoms with Crippen LogP contribution in [-0.2, 0) is 0 Å². The number of rotatable bonds is 5. The number of hydrogen-bond donors (Lipinski definition) is 0. The number of hydrogen-bond acceptors (Lipinski definition) is 2. The largest absolute Gasteiger partial charge is 0.292 e. The van der Waals surface area contributed by atoms with Crippen molar-refractivity contribution in [2.75, 3.05) is 7.05 Å². The molecule has 0 aliphatic rings. The summed E-state index contributed by atoms with van der Waals surface area (Å²) in [5, 5.41) is 0. The highest BCUT2D eigenvalue weighted by Crippen LogP contribution is 2.21. The maximum atomic E-state index is 13.2. The molecule has 0 aromatic heterocycles. The van der Waals surface area contributed by atoms with E-state index >= 15 is 0 Å². The van der Waals surface area contributed by atoms with Gasteiger partial charge in [-0.2, -0.15) is 0 Å². The molecule has 106 valence electrons. The Balaban J connectivity index is 2.96. The molecular weight excluding hydrogens is 248 g/mol. The van der Waals surface area contributed by atoms with E-state index in [-0.39, 0.29) is 22.9 Å². The summed E-state index contributed by atoms with van der Waals surface area (Å²) in [4.78, 5) is 14.2. The zero-order valence-electron chi connectivity index (χ0n) is 12.1. The molecule has 0 saturated heterocycles. The fourth-order valence-corrected chi connectivity index (χ4v) is 1.84. The summed E-state index contributed by atoms with van der Waals surface area (Å²) >= 11 is 0. The van der Waals surface area contributed by atoms with Crippen molar-refractivity contribution in [2.45, 2.75) is 45.7 Å². The van der Waals surface area contributed by atoms with Gasteiger partial charge in [0.05, 0.1) is 6.04 Å². The quantitative estimate of drug-likeness (QED) is 0.760. The molecule has 0 amide bonds. The summed E-state index contributed by atoms with van der Waals surface area (Å²) in [6.07, 6.45) is 0.888. The van der Waals surface area contributed by atoms with Crippen LogP contribution in [0.15, 0.2) is 18.2 Å². The smallest absolute Gasteiger partial charge is 0.179 e. The molecule has 1 unspecified atom stereocenters. The molecule has 1 aromatic carbocycles. The summed E-state index contributed by atoms with van der Waals surface area (Å²) in [7, 11) is 1.87. The number of carbonyl (C=O) groups excluding carboxylic acids is 1. The molecule has 0 heterocycles. The lowest BCUT2D eigenvalue weighted by atomic mass is 9.95. The Morgan fingerprint density at radius 3 is 2.37 bits per heavy atom. The van der Waals surface area contributed by atoms with E-state index < -0.39 is 11.6 Å². The van der Waals surface area contributed by atoms with Gasteiger partial charge >= 0.3 is 0 Å². The lowest BCUT2D eigenvalue weighted by molar-refractivity contribution is 0.0677. The van der Waals surface area contributed by atoms with E-state index in [1.165, 1.54) is 6.07 Å². The van der Waals surface area contributed by atoms with Gasteiger partial charge in [0.15, 0.2) is 17.4 Å². The summed E-state index contributed by atoms with van der Waals surface area (Å²) in [5.74, 6) is -2.13. The molecule has 0 aliphatic heterocycles. The van der Waals surface area contributed by atoms with Gasteiger partial charge in [-0.3, -0.25) is 9.69 Å². The Morgan fingerprint density at radius 2 is 1.89 bits per heavy atom. The highest BCUT2D eigenvalue weighted by Gasteiger charge is 2.30. The first-order valence-electron chi connectivity index (χ1n) is 6.43. The van der Waals surface area contributed by atoms with E-state index in [1.807, 2.05) is 32.7 Å². The van der Waals surface area contributed by atoms with Crippen LogP contribution in [0.25, 0.3) is 0 Å². The third-order valence-electron chi connectivity index (χ3n) is 3.98. The van der Waals surface area contributed by atoms with Gasteiger partial charge in [0, 0.05) is 11.1 Å². The molecule has 1 atom stereocenters. The number of likely N-dealkylation sites (N-methyl/N-ethyl adjacent to an activating group) is 1. The van der Waals surface area contributed by atoms with Gasteiger partial charge in [0.1, 0.15) is 0 Å². The Morgan fingerprint density at radius 1 is 1.32 bits per heavy atom. The van der Waals surface area contributed by atoms with E-state index in [9.17, 15) is 13.6 Å². The summed E-state index contributed by atoms with van der Waals surface area (Å²) in [5.41, 5.74) is 0.0679. The summed E-state index contributed by atoms with van der Waals surface area (Å²) < 4.78 is 26.0. The Bertz CT molecular complexity index is 471. The van der Waals surface area contributed by atoms with Gasteiger partial charge < -0.3 is 0 Å². The Kier molecular flexibility index (Phi) is 4.80. The molecule has 0 fully saturated rings. The second-order valence-electron chi connectivity index (χ2n) is 5.45. The normalized spacial score (nSPS) is 13.7. The predicted molar refractivity (Wildman–Crippen MR) is 72.3 cm³/mol. The average Bonchev–Trinajstić information content (AvgIpc) is 2.39. The van der Waals surface area contributed by atoms with E-state index in [0.29, 0.717) is 0 Å². The van der Waals surface area contributed by atoms with Crippen LogP contribution in [0.1, 0.15) is 44.5 Å². The summed E-state index contributed by atoms with van der Waals surface area (Å²) in [6, 6.07) is 2.88. The van der Waals surface area contributed by atoms with Crippen LogP contribution in [0.5, 0.6) is 0 Å². The highest BCUT2D eigenvalue weighted by molar-refractivity contribution is 5.99. The lowest BCUT2D eigenvalue weighted by Gasteiger charge is -2.38. The van der Waals surface area contributed by atoms with Crippen molar-refractivity contribution in [1.29, 1.82) is 0 Å². The fourth-order valence-electron chi connectivity index (χ4n) is 1.84. The maximum Gasteiger partial charge on any atom is 0.179 e. The van der Waals surface area contributed by atoms with E-state index in [2.05, 4.69) is 0 Å². The van der Waals surface area contributed by atoms with Gasteiger partial charge in [-0.25, -0.2) is 8.78 Å². The number of carbonyl (C=O) groups is 1. The van der Waals surface area contributed by atoms with Crippen LogP contribution in [0.3, 0.4) is 0 Å². The Hall–Kier alpha value is -1.29. The molecule has 2 nitrogen and oxygen atoms in total. The molecule has 0 N–H and O–H groups in total. The molecule has 0 spiro atoms. The number of Topliss-reactive ketones (excluding diaryl/α,β-unsaturated/α-hetero) is 1. The van der Waals surface area contributed by atoms with Gasteiger partial charge in [0.2, 0.25) is 0 Å². The van der Waals surface area contributed by atoms with Crippen LogP contribution < -0.4 is 0 Å². The minimum Gasteiger partial charge on any atom is -0.292 e. The third-order valence-corrected chi connectivity index (χ3v) is 3.98. The molecule has 0 bridgehead atoms. The molecule has 19 heavy (non-hydrogen) atoms. The molecule has 4 heteroatoms. The van der Waals surface area contributed by atoms with Crippen molar-refractivity contribution in [3.63, 3.8) is 0 Å². The van der Waals surface area contributed by atoms with Crippen LogP contribution in [0.4, 0.5) is 8.78 Å². The SMILES string of the molecule is CCC(C)(C)N(C)C(C)C(=O)c1ccc(F)c(F)c1. The van der Waals surface area contributed by atoms with Gasteiger partial charge in [-0.1, -0.05) is 6.92 Å². The third kappa shape index (κ3) is 3.38. The van der Waals surface area contributed by atoms with Crippen LogP contribution >= 0.6 is 0 Å². The van der Waals surface area contributed by atoms with Gasteiger partial charge in [0.25, 0.3) is 0 Å². The number of nitrogens with zero attached hydrogens (tertiary/aromatic N) is 1. The second-order valence-corrected chi connectivity index (χ2v) is 5.45. The van der Waals surface area contributed by atoms with Crippen molar-refractivity contribution in [3.8, 4) is 0 Å². The van der Waals surface area contributed by atoms with Crippen molar-refractivity contribution in [3.05, 3.63) is 35.4 Å². The highest BCUT2D eigenvalue weighted by atomic mass is 19.2. The van der Waals surface area contributed by atoms with Crippen LogP contribution in [-0.4, -0.2) is 29.3 Å².